The summed E-state index contributed by atoms with van der Waals surface area (Å²) < 4.78 is 31.3. The molecule has 1 aliphatic rings. The van der Waals surface area contributed by atoms with E-state index < -0.39 is 10.0 Å². The van der Waals surface area contributed by atoms with Gasteiger partial charge in [0, 0.05) is 45.0 Å². The molecule has 2 aromatic rings. The van der Waals surface area contributed by atoms with Gasteiger partial charge in [-0.3, -0.25) is 4.99 Å². The van der Waals surface area contributed by atoms with Crippen molar-refractivity contribution in [2.24, 2.45) is 4.99 Å². The van der Waals surface area contributed by atoms with Crippen LogP contribution in [0.5, 0.6) is 5.75 Å². The molecule has 2 heterocycles. The third kappa shape index (κ3) is 5.65. The Bertz CT molecular complexity index is 959. The second-order valence-corrected chi connectivity index (χ2v) is 10.7. The number of ether oxygens (including phenoxy) is 1. The van der Waals surface area contributed by atoms with Crippen LogP contribution in [-0.2, 0) is 16.6 Å². The van der Waals surface area contributed by atoms with Crippen molar-refractivity contribution >= 4 is 51.3 Å². The highest BCUT2D eigenvalue weighted by Crippen LogP contribution is 2.29. The predicted molar refractivity (Wildman–Crippen MR) is 133 cm³/mol. The Kier molecular flexibility index (Phi) is 8.95. The predicted octanol–water partition coefficient (Wildman–Crippen LogP) is 3.19. The largest absolute Gasteiger partial charge is 0.497 e. The summed E-state index contributed by atoms with van der Waals surface area (Å²) in [6.07, 6.45) is 1.07. The van der Waals surface area contributed by atoms with E-state index in [-0.39, 0.29) is 24.0 Å². The van der Waals surface area contributed by atoms with Gasteiger partial charge in [0.1, 0.15) is 9.96 Å². The number of nitrogens with zero attached hydrogens (tertiary/aromatic N) is 3. The first-order valence-electron chi connectivity index (χ1n) is 9.46. The molecule has 1 unspecified atom stereocenters. The quantitative estimate of drug-likeness (QED) is 0.332. The molecule has 0 bridgehead atoms. The maximum atomic E-state index is 12.2. The summed E-state index contributed by atoms with van der Waals surface area (Å²) in [5, 5.41) is 3.37. The molecule has 1 aromatic heterocycles. The van der Waals surface area contributed by atoms with Crippen LogP contribution < -0.4 is 10.1 Å². The van der Waals surface area contributed by atoms with E-state index in [4.69, 9.17) is 4.74 Å². The molecule has 1 atom stereocenters. The zero-order valence-corrected chi connectivity index (χ0v) is 21.6. The van der Waals surface area contributed by atoms with Gasteiger partial charge in [-0.2, -0.15) is 0 Å². The van der Waals surface area contributed by atoms with E-state index in [2.05, 4.69) is 27.3 Å². The van der Waals surface area contributed by atoms with Crippen LogP contribution in [0, 0.1) is 0 Å². The van der Waals surface area contributed by atoms with Crippen molar-refractivity contribution in [3.8, 4) is 5.75 Å². The van der Waals surface area contributed by atoms with Crippen molar-refractivity contribution in [3.05, 3.63) is 46.8 Å². The lowest BCUT2D eigenvalue weighted by molar-refractivity contribution is 0.414. The minimum atomic E-state index is -3.38. The van der Waals surface area contributed by atoms with Crippen LogP contribution in [0.25, 0.3) is 0 Å². The number of nitrogens with one attached hydrogen (secondary N) is 1. The molecule has 1 saturated heterocycles. The van der Waals surface area contributed by atoms with Gasteiger partial charge in [0.25, 0.3) is 10.0 Å². The molecular weight excluding hydrogens is 535 g/mol. The van der Waals surface area contributed by atoms with E-state index in [0.29, 0.717) is 16.7 Å². The van der Waals surface area contributed by atoms with Gasteiger partial charge in [-0.15, -0.1) is 35.3 Å². The minimum Gasteiger partial charge on any atom is -0.497 e. The number of methoxy groups -OCH3 is 1. The highest BCUT2D eigenvalue weighted by molar-refractivity contribution is 14.0. The van der Waals surface area contributed by atoms with E-state index >= 15 is 0 Å². The number of benzene rings is 1. The molecule has 0 spiro atoms. The third-order valence-electron chi connectivity index (χ3n) is 5.08. The van der Waals surface area contributed by atoms with Crippen molar-refractivity contribution in [2.45, 2.75) is 23.1 Å². The third-order valence-corrected chi connectivity index (χ3v) is 8.45. The van der Waals surface area contributed by atoms with Crippen LogP contribution in [0.4, 0.5) is 0 Å². The van der Waals surface area contributed by atoms with Gasteiger partial charge in [0.15, 0.2) is 5.96 Å². The number of hydrogen-bond donors (Lipinski definition) is 1. The Morgan fingerprint density at radius 2 is 1.97 bits per heavy atom. The molecule has 1 aromatic carbocycles. The summed E-state index contributed by atoms with van der Waals surface area (Å²) in [5.41, 5.74) is 1.31. The van der Waals surface area contributed by atoms with Gasteiger partial charge < -0.3 is 15.0 Å². The molecular formula is C20H29IN4O3S2. The molecule has 3 rings (SSSR count). The molecule has 30 heavy (non-hydrogen) atoms. The van der Waals surface area contributed by atoms with Crippen LogP contribution in [0.3, 0.4) is 0 Å². The number of halogens is 1. The molecule has 7 nitrogen and oxygen atoms in total. The lowest BCUT2D eigenvalue weighted by Crippen LogP contribution is -2.39. The van der Waals surface area contributed by atoms with Crippen LogP contribution >= 0.6 is 35.3 Å². The zero-order valence-electron chi connectivity index (χ0n) is 17.7. The fraction of sp³-hybridized carbons (Fsp3) is 0.450. The molecule has 1 aliphatic heterocycles. The Balaban J connectivity index is 0.00000320. The fourth-order valence-corrected chi connectivity index (χ4v) is 5.84. The SMILES string of the molecule is CN=C(NCc1ccc(S(=O)(=O)N(C)C)s1)N1CCC(c2ccc(OC)cc2)C1.I. The Labute approximate surface area is 200 Å². The van der Waals surface area contributed by atoms with E-state index in [1.807, 2.05) is 18.2 Å². The summed E-state index contributed by atoms with van der Waals surface area (Å²) in [7, 11) is 3.15. The maximum absolute atomic E-state index is 12.2. The molecule has 10 heteroatoms. The van der Waals surface area contributed by atoms with Crippen LogP contribution in [0.15, 0.2) is 45.6 Å². The molecule has 0 amide bonds. The molecule has 166 valence electrons. The van der Waals surface area contributed by atoms with Gasteiger partial charge in [-0.1, -0.05) is 12.1 Å². The van der Waals surface area contributed by atoms with E-state index in [9.17, 15) is 8.42 Å². The smallest absolute Gasteiger partial charge is 0.252 e. The Morgan fingerprint density at radius 1 is 1.27 bits per heavy atom. The molecule has 1 fully saturated rings. The number of guanidine groups is 1. The number of sulfonamides is 1. The first-order valence-corrected chi connectivity index (χ1v) is 11.7. The van der Waals surface area contributed by atoms with Crippen LogP contribution in [0.1, 0.15) is 22.8 Å². The number of hydrogen-bond acceptors (Lipinski definition) is 5. The van der Waals surface area contributed by atoms with Crippen molar-refractivity contribution in [3.63, 3.8) is 0 Å². The Hall–Kier alpha value is -1.37. The van der Waals surface area contributed by atoms with E-state index in [0.717, 1.165) is 36.1 Å². The van der Waals surface area contributed by atoms with Crippen LogP contribution in [0.2, 0.25) is 0 Å². The average Bonchev–Trinajstić information content (AvgIpc) is 3.39. The first kappa shape index (κ1) is 24.9. The molecule has 0 radical (unpaired) electrons. The average molecular weight is 565 g/mol. The van der Waals surface area contributed by atoms with E-state index in [1.54, 1.807) is 34.3 Å². The highest BCUT2D eigenvalue weighted by atomic mass is 127. The normalized spacial score (nSPS) is 17.2. The number of aliphatic imine (C=N–C) groups is 1. The summed E-state index contributed by atoms with van der Waals surface area (Å²) in [5.74, 6) is 2.16. The maximum Gasteiger partial charge on any atom is 0.252 e. The summed E-state index contributed by atoms with van der Waals surface area (Å²) >= 11 is 1.29. The standard InChI is InChI=1S/C20H28N4O3S2.HI/c1-21-20(22-13-18-9-10-19(28-18)29(25,26)23(2)3)24-12-11-16(14-24)15-5-7-17(27-4)8-6-15;/h5-10,16H,11-14H2,1-4H3,(H,21,22);1H. The van der Waals surface area contributed by atoms with Crippen molar-refractivity contribution in [1.29, 1.82) is 0 Å². The molecule has 0 saturated carbocycles. The lowest BCUT2D eigenvalue weighted by Gasteiger charge is -2.21. The minimum absolute atomic E-state index is 0. The highest BCUT2D eigenvalue weighted by Gasteiger charge is 2.26. The van der Waals surface area contributed by atoms with Gasteiger partial charge in [0.2, 0.25) is 0 Å². The van der Waals surface area contributed by atoms with Gasteiger partial charge >= 0.3 is 0 Å². The van der Waals surface area contributed by atoms with Gasteiger partial charge in [-0.05, 0) is 36.2 Å². The number of likely N-dealkylation sites (tertiary alicyclic amines) is 1. The topological polar surface area (TPSA) is 74.2 Å². The van der Waals surface area contributed by atoms with Crippen molar-refractivity contribution in [1.82, 2.24) is 14.5 Å². The summed E-state index contributed by atoms with van der Waals surface area (Å²) in [6, 6.07) is 11.8. The first-order chi connectivity index (χ1) is 13.8. The number of thiophene rings is 1. The van der Waals surface area contributed by atoms with Crippen molar-refractivity contribution < 1.29 is 13.2 Å². The van der Waals surface area contributed by atoms with Crippen LogP contribution in [-0.4, -0.2) is 64.9 Å². The Morgan fingerprint density at radius 3 is 2.57 bits per heavy atom. The lowest BCUT2D eigenvalue weighted by atomic mass is 9.98. The van der Waals surface area contributed by atoms with Gasteiger partial charge in [-0.25, -0.2) is 12.7 Å². The van der Waals surface area contributed by atoms with Crippen molar-refractivity contribution in [2.75, 3.05) is 41.3 Å². The summed E-state index contributed by atoms with van der Waals surface area (Å²) in [4.78, 5) is 7.62. The van der Waals surface area contributed by atoms with E-state index in [1.165, 1.54) is 21.2 Å². The molecule has 1 N–H and O–H groups in total. The second kappa shape index (κ2) is 10.8. The monoisotopic (exact) mass is 564 g/mol. The second-order valence-electron chi connectivity index (χ2n) is 7.11. The number of rotatable bonds is 6. The van der Waals surface area contributed by atoms with Gasteiger partial charge in [0.05, 0.1) is 13.7 Å². The summed E-state index contributed by atoms with van der Waals surface area (Å²) in [6.45, 7) is 2.38. The zero-order chi connectivity index (χ0) is 21.0. The molecule has 0 aliphatic carbocycles. The fourth-order valence-electron chi connectivity index (χ4n) is 3.37.